The van der Waals surface area contributed by atoms with Gasteiger partial charge in [-0.05, 0) is 29.3 Å². The van der Waals surface area contributed by atoms with Gasteiger partial charge in [0.2, 0.25) is 0 Å². The molecule has 2 rings (SSSR count). The van der Waals surface area contributed by atoms with E-state index in [4.69, 9.17) is 16.3 Å². The van der Waals surface area contributed by atoms with E-state index in [0.717, 1.165) is 5.56 Å². The van der Waals surface area contributed by atoms with Gasteiger partial charge in [-0.15, -0.1) is 0 Å². The molecule has 0 aromatic heterocycles. The first kappa shape index (κ1) is 20.2. The number of nitrogens with one attached hydrogen (secondary N) is 1. The number of carbonyl (C=O) groups is 3. The highest BCUT2D eigenvalue weighted by Crippen LogP contribution is 2.22. The lowest BCUT2D eigenvalue weighted by atomic mass is 10.0. The van der Waals surface area contributed by atoms with Gasteiger partial charge in [0.25, 0.3) is 5.91 Å². The van der Waals surface area contributed by atoms with Crippen molar-refractivity contribution in [3.63, 3.8) is 0 Å². The second-order valence-corrected chi connectivity index (χ2v) is 5.84. The Labute approximate surface area is 161 Å². The van der Waals surface area contributed by atoms with Crippen molar-refractivity contribution in [1.82, 2.24) is 5.32 Å². The Hall–Kier alpha value is -3.12. The second kappa shape index (κ2) is 10.1. The summed E-state index contributed by atoms with van der Waals surface area (Å²) in [4.78, 5) is 35.2. The summed E-state index contributed by atoms with van der Waals surface area (Å²) in [7, 11) is 1.21. The molecular weight excluding hydrogens is 370 g/mol. The summed E-state index contributed by atoms with van der Waals surface area (Å²) in [5, 5.41) is 2.83. The van der Waals surface area contributed by atoms with Crippen molar-refractivity contribution in [2.24, 2.45) is 0 Å². The van der Waals surface area contributed by atoms with Crippen LogP contribution in [-0.2, 0) is 23.9 Å². The highest BCUT2D eigenvalue weighted by atomic mass is 35.5. The molecule has 0 bridgehead atoms. The molecule has 0 heterocycles. The van der Waals surface area contributed by atoms with Gasteiger partial charge < -0.3 is 14.8 Å². The van der Waals surface area contributed by atoms with Crippen LogP contribution in [-0.4, -0.2) is 38.1 Å². The summed E-state index contributed by atoms with van der Waals surface area (Å²) in [6.07, 6.45) is 1.66. The minimum atomic E-state index is -0.672. The van der Waals surface area contributed by atoms with Crippen LogP contribution in [0.4, 0.5) is 0 Å². The Morgan fingerprint density at radius 3 is 2.33 bits per heavy atom. The molecule has 0 unspecified atom stereocenters. The quantitative estimate of drug-likeness (QED) is 0.449. The maximum atomic E-state index is 12.5. The van der Waals surface area contributed by atoms with E-state index in [-0.39, 0.29) is 12.1 Å². The molecule has 0 radical (unpaired) electrons. The fraction of sp³-hybridized carbons (Fsp3) is 0.150. The van der Waals surface area contributed by atoms with Gasteiger partial charge in [-0.25, -0.2) is 4.79 Å². The number of rotatable bonds is 7. The monoisotopic (exact) mass is 387 g/mol. The van der Waals surface area contributed by atoms with Crippen LogP contribution < -0.4 is 5.32 Å². The fourth-order valence-electron chi connectivity index (χ4n) is 2.11. The standard InChI is InChI=1S/C20H18ClNO5/c1-26-19(24)12-22-18(23)13-27-20(25)17(11-14-5-3-2-4-6-14)15-7-9-16(21)10-8-15/h2-11H,12-13H2,1H3,(H,22,23). The molecule has 7 heteroatoms. The molecule has 0 saturated carbocycles. The minimum Gasteiger partial charge on any atom is -0.468 e. The number of halogens is 1. The molecule has 2 aromatic carbocycles. The Kier molecular flexibility index (Phi) is 7.58. The Morgan fingerprint density at radius 1 is 1.04 bits per heavy atom. The molecule has 27 heavy (non-hydrogen) atoms. The van der Waals surface area contributed by atoms with E-state index in [1.54, 1.807) is 30.3 Å². The number of benzene rings is 2. The van der Waals surface area contributed by atoms with Crippen LogP contribution in [0.2, 0.25) is 5.02 Å². The van der Waals surface area contributed by atoms with Crippen LogP contribution in [0.5, 0.6) is 0 Å². The number of amides is 1. The molecule has 0 aliphatic heterocycles. The van der Waals surface area contributed by atoms with Crippen LogP contribution in [0.25, 0.3) is 11.6 Å². The van der Waals surface area contributed by atoms with Gasteiger partial charge in [-0.2, -0.15) is 0 Å². The molecular formula is C20H18ClNO5. The predicted molar refractivity (Wildman–Crippen MR) is 102 cm³/mol. The third kappa shape index (κ3) is 6.60. The van der Waals surface area contributed by atoms with Crippen molar-refractivity contribution in [2.75, 3.05) is 20.3 Å². The van der Waals surface area contributed by atoms with E-state index in [0.29, 0.717) is 10.6 Å². The summed E-state index contributed by atoms with van der Waals surface area (Å²) < 4.78 is 9.50. The van der Waals surface area contributed by atoms with E-state index in [1.165, 1.54) is 7.11 Å². The van der Waals surface area contributed by atoms with Crippen molar-refractivity contribution in [3.05, 3.63) is 70.7 Å². The van der Waals surface area contributed by atoms with E-state index < -0.39 is 24.5 Å². The molecule has 2 aromatic rings. The lowest BCUT2D eigenvalue weighted by Gasteiger charge is -2.09. The third-order valence-corrected chi connectivity index (χ3v) is 3.73. The molecule has 0 fully saturated rings. The van der Waals surface area contributed by atoms with Crippen molar-refractivity contribution >= 4 is 41.1 Å². The molecule has 6 nitrogen and oxygen atoms in total. The van der Waals surface area contributed by atoms with E-state index in [2.05, 4.69) is 10.1 Å². The first-order valence-electron chi connectivity index (χ1n) is 8.03. The summed E-state index contributed by atoms with van der Waals surface area (Å²) in [5.74, 6) is -1.88. The first-order chi connectivity index (χ1) is 13.0. The van der Waals surface area contributed by atoms with Crippen molar-refractivity contribution in [2.45, 2.75) is 0 Å². The number of ether oxygens (including phenoxy) is 2. The molecule has 1 amide bonds. The van der Waals surface area contributed by atoms with Crippen LogP contribution in [0.3, 0.4) is 0 Å². The van der Waals surface area contributed by atoms with Gasteiger partial charge in [-0.3, -0.25) is 9.59 Å². The highest BCUT2D eigenvalue weighted by Gasteiger charge is 2.16. The predicted octanol–water partition coefficient (Wildman–Crippen LogP) is 2.71. The van der Waals surface area contributed by atoms with Crippen molar-refractivity contribution < 1.29 is 23.9 Å². The molecule has 1 N–H and O–H groups in total. The average Bonchev–Trinajstić information content (AvgIpc) is 2.70. The van der Waals surface area contributed by atoms with Gasteiger partial charge in [0.1, 0.15) is 6.54 Å². The van der Waals surface area contributed by atoms with Gasteiger partial charge in [0.05, 0.1) is 12.7 Å². The number of hydrogen-bond donors (Lipinski definition) is 1. The van der Waals surface area contributed by atoms with Crippen LogP contribution in [0, 0.1) is 0 Å². The SMILES string of the molecule is COC(=O)CNC(=O)COC(=O)C(=Cc1ccccc1)c1ccc(Cl)cc1. The topological polar surface area (TPSA) is 81.7 Å². The first-order valence-corrected chi connectivity index (χ1v) is 8.40. The molecule has 0 aliphatic carbocycles. The normalized spacial score (nSPS) is 10.8. The van der Waals surface area contributed by atoms with Gasteiger partial charge >= 0.3 is 11.9 Å². The number of methoxy groups -OCH3 is 1. The zero-order valence-corrected chi connectivity index (χ0v) is 15.4. The number of esters is 2. The lowest BCUT2D eigenvalue weighted by Crippen LogP contribution is -2.33. The van der Waals surface area contributed by atoms with E-state index >= 15 is 0 Å². The Balaban J connectivity index is 2.12. The molecule has 0 saturated heterocycles. The Morgan fingerprint density at radius 2 is 1.70 bits per heavy atom. The van der Waals surface area contributed by atoms with Gasteiger partial charge in [-0.1, -0.05) is 54.1 Å². The second-order valence-electron chi connectivity index (χ2n) is 5.40. The summed E-state index contributed by atoms with van der Waals surface area (Å²) >= 11 is 5.90. The van der Waals surface area contributed by atoms with E-state index in [1.807, 2.05) is 30.3 Å². The average molecular weight is 388 g/mol. The number of hydrogen-bond acceptors (Lipinski definition) is 5. The van der Waals surface area contributed by atoms with Gasteiger partial charge in [0.15, 0.2) is 6.61 Å². The van der Waals surface area contributed by atoms with Crippen molar-refractivity contribution in [1.29, 1.82) is 0 Å². The third-order valence-electron chi connectivity index (χ3n) is 3.48. The zero-order chi connectivity index (χ0) is 19.6. The minimum absolute atomic E-state index is 0.277. The number of carbonyl (C=O) groups excluding carboxylic acids is 3. The summed E-state index contributed by atoms with van der Waals surface area (Å²) in [6.45, 7) is -0.813. The summed E-state index contributed by atoms with van der Waals surface area (Å²) in [5.41, 5.74) is 1.68. The maximum absolute atomic E-state index is 12.5. The highest BCUT2D eigenvalue weighted by molar-refractivity contribution is 6.30. The van der Waals surface area contributed by atoms with Crippen LogP contribution in [0.15, 0.2) is 54.6 Å². The lowest BCUT2D eigenvalue weighted by molar-refractivity contribution is -0.144. The molecule has 0 spiro atoms. The van der Waals surface area contributed by atoms with E-state index in [9.17, 15) is 14.4 Å². The smallest absolute Gasteiger partial charge is 0.339 e. The molecule has 0 aliphatic rings. The maximum Gasteiger partial charge on any atom is 0.339 e. The van der Waals surface area contributed by atoms with Gasteiger partial charge in [0, 0.05) is 5.02 Å². The largest absolute Gasteiger partial charge is 0.468 e. The summed E-state index contributed by atoms with van der Waals surface area (Å²) in [6, 6.07) is 15.9. The molecule has 0 atom stereocenters. The van der Waals surface area contributed by atoms with Crippen LogP contribution >= 0.6 is 11.6 Å². The Bertz CT molecular complexity index is 831. The van der Waals surface area contributed by atoms with Crippen LogP contribution in [0.1, 0.15) is 11.1 Å². The fourth-order valence-corrected chi connectivity index (χ4v) is 2.23. The zero-order valence-electron chi connectivity index (χ0n) is 14.6. The van der Waals surface area contributed by atoms with Crippen molar-refractivity contribution in [3.8, 4) is 0 Å². The molecule has 140 valence electrons.